The van der Waals surface area contributed by atoms with Gasteiger partial charge >= 0.3 is 0 Å². The minimum Gasteiger partial charge on any atom is -0.197 e. The highest BCUT2D eigenvalue weighted by Crippen LogP contribution is 2.28. The fraction of sp³-hybridized carbons (Fsp3) is 0.0625. The fourth-order valence-electron chi connectivity index (χ4n) is 2.26. The third-order valence-electron chi connectivity index (χ3n) is 3.15. The molecule has 1 atom stereocenters. The van der Waals surface area contributed by atoms with Gasteiger partial charge in [-0.1, -0.05) is 42.5 Å². The second-order valence-corrected chi connectivity index (χ2v) is 4.28. The molecule has 0 spiro atoms. The van der Waals surface area contributed by atoms with Crippen LogP contribution in [0.2, 0.25) is 0 Å². The predicted octanol–water partition coefficient (Wildman–Crippen LogP) is 3.29. The average Bonchev–Trinajstić information content (AvgIpc) is 2.49. The van der Waals surface area contributed by atoms with Gasteiger partial charge in [-0.2, -0.15) is 15.5 Å². The molecule has 90 valence electrons. The van der Waals surface area contributed by atoms with Crippen LogP contribution in [0.3, 0.4) is 0 Å². The zero-order valence-electron chi connectivity index (χ0n) is 10.2. The van der Waals surface area contributed by atoms with E-state index in [1.54, 1.807) is 12.3 Å². The SMILES string of the molecule is N#CC(c1cccnn1)c1cccc2ccccc12. The number of aromatic nitrogens is 2. The van der Waals surface area contributed by atoms with Gasteiger partial charge in [-0.3, -0.25) is 0 Å². The molecule has 0 aliphatic heterocycles. The molecule has 0 saturated heterocycles. The van der Waals surface area contributed by atoms with E-state index in [0.717, 1.165) is 16.3 Å². The first-order valence-electron chi connectivity index (χ1n) is 6.05. The molecule has 2 aromatic carbocycles. The van der Waals surface area contributed by atoms with E-state index in [4.69, 9.17) is 0 Å². The van der Waals surface area contributed by atoms with Gasteiger partial charge in [0, 0.05) is 6.20 Å². The van der Waals surface area contributed by atoms with Gasteiger partial charge in [-0.05, 0) is 28.5 Å². The number of hydrogen-bond donors (Lipinski definition) is 0. The summed E-state index contributed by atoms with van der Waals surface area (Å²) in [6.45, 7) is 0. The lowest BCUT2D eigenvalue weighted by molar-refractivity contribution is 0.889. The van der Waals surface area contributed by atoms with Crippen LogP contribution in [0, 0.1) is 11.3 Å². The Morgan fingerprint density at radius 1 is 0.947 bits per heavy atom. The molecule has 0 radical (unpaired) electrons. The highest BCUT2D eigenvalue weighted by molar-refractivity contribution is 5.86. The molecular formula is C16H11N3. The second-order valence-electron chi connectivity index (χ2n) is 4.28. The van der Waals surface area contributed by atoms with Crippen molar-refractivity contribution in [2.24, 2.45) is 0 Å². The largest absolute Gasteiger partial charge is 0.197 e. The summed E-state index contributed by atoms with van der Waals surface area (Å²) in [4.78, 5) is 0. The van der Waals surface area contributed by atoms with Crippen LogP contribution < -0.4 is 0 Å². The molecule has 0 N–H and O–H groups in total. The van der Waals surface area contributed by atoms with Crippen molar-refractivity contribution in [2.45, 2.75) is 5.92 Å². The second kappa shape index (κ2) is 4.87. The van der Waals surface area contributed by atoms with Gasteiger partial charge < -0.3 is 0 Å². The number of rotatable bonds is 2. The van der Waals surface area contributed by atoms with Gasteiger partial charge in [-0.15, -0.1) is 0 Å². The average molecular weight is 245 g/mol. The molecule has 19 heavy (non-hydrogen) atoms. The van der Waals surface area contributed by atoms with Crippen molar-refractivity contribution < 1.29 is 0 Å². The Morgan fingerprint density at radius 3 is 2.58 bits per heavy atom. The molecule has 0 saturated carbocycles. The smallest absolute Gasteiger partial charge is 0.116 e. The molecule has 1 unspecified atom stereocenters. The Morgan fingerprint density at radius 2 is 1.79 bits per heavy atom. The number of fused-ring (bicyclic) bond motifs is 1. The highest BCUT2D eigenvalue weighted by atomic mass is 15.1. The van der Waals surface area contributed by atoms with Gasteiger partial charge in [0.2, 0.25) is 0 Å². The van der Waals surface area contributed by atoms with E-state index in [1.165, 1.54) is 0 Å². The summed E-state index contributed by atoms with van der Waals surface area (Å²) >= 11 is 0. The Labute approximate surface area is 111 Å². The zero-order valence-corrected chi connectivity index (χ0v) is 10.2. The van der Waals surface area contributed by atoms with E-state index in [9.17, 15) is 5.26 Å². The Balaban J connectivity index is 2.21. The van der Waals surface area contributed by atoms with Crippen molar-refractivity contribution in [3.05, 3.63) is 72.1 Å². The summed E-state index contributed by atoms with van der Waals surface area (Å²) in [5.74, 6) is -0.389. The third-order valence-corrected chi connectivity index (χ3v) is 3.15. The quantitative estimate of drug-likeness (QED) is 0.696. The van der Waals surface area contributed by atoms with Crippen molar-refractivity contribution in [2.75, 3.05) is 0 Å². The molecule has 0 bridgehead atoms. The molecule has 1 aromatic heterocycles. The lowest BCUT2D eigenvalue weighted by atomic mass is 9.92. The normalized spacial score (nSPS) is 11.9. The minimum atomic E-state index is -0.389. The van der Waals surface area contributed by atoms with Crippen LogP contribution in [-0.2, 0) is 0 Å². The molecule has 3 rings (SSSR count). The summed E-state index contributed by atoms with van der Waals surface area (Å²) in [5.41, 5.74) is 1.66. The van der Waals surface area contributed by atoms with Crippen molar-refractivity contribution in [3.63, 3.8) is 0 Å². The van der Waals surface area contributed by atoms with Gasteiger partial charge in [0.1, 0.15) is 5.92 Å². The van der Waals surface area contributed by atoms with Crippen molar-refractivity contribution in [1.29, 1.82) is 5.26 Å². The maximum Gasteiger partial charge on any atom is 0.116 e. The Bertz CT molecular complexity index is 739. The van der Waals surface area contributed by atoms with Crippen LogP contribution in [0.1, 0.15) is 17.2 Å². The van der Waals surface area contributed by atoms with Crippen LogP contribution in [0.15, 0.2) is 60.8 Å². The summed E-state index contributed by atoms with van der Waals surface area (Å²) in [7, 11) is 0. The molecule has 0 aliphatic carbocycles. The predicted molar refractivity (Wildman–Crippen MR) is 73.4 cm³/mol. The van der Waals surface area contributed by atoms with Crippen LogP contribution in [0.4, 0.5) is 0 Å². The Kier molecular flexibility index (Phi) is 2.91. The van der Waals surface area contributed by atoms with Crippen LogP contribution in [-0.4, -0.2) is 10.2 Å². The van der Waals surface area contributed by atoms with Crippen molar-refractivity contribution >= 4 is 10.8 Å². The summed E-state index contributed by atoms with van der Waals surface area (Å²) in [6, 6.07) is 20.0. The van der Waals surface area contributed by atoms with E-state index in [1.807, 2.05) is 48.5 Å². The summed E-state index contributed by atoms with van der Waals surface area (Å²) < 4.78 is 0. The van der Waals surface area contributed by atoms with Gasteiger partial charge in [0.05, 0.1) is 11.8 Å². The van der Waals surface area contributed by atoms with Gasteiger partial charge in [0.25, 0.3) is 0 Å². The fourth-order valence-corrected chi connectivity index (χ4v) is 2.26. The van der Waals surface area contributed by atoms with E-state index in [0.29, 0.717) is 5.69 Å². The minimum absolute atomic E-state index is 0.389. The van der Waals surface area contributed by atoms with Crippen LogP contribution in [0.25, 0.3) is 10.8 Å². The van der Waals surface area contributed by atoms with Crippen LogP contribution >= 0.6 is 0 Å². The molecule has 0 aliphatic rings. The molecule has 1 heterocycles. The zero-order chi connectivity index (χ0) is 13.1. The molecule has 3 nitrogen and oxygen atoms in total. The first kappa shape index (κ1) is 11.4. The molecular weight excluding hydrogens is 234 g/mol. The molecule has 0 fully saturated rings. The third kappa shape index (κ3) is 2.04. The lowest BCUT2D eigenvalue weighted by Crippen LogP contribution is -2.02. The maximum atomic E-state index is 9.47. The lowest BCUT2D eigenvalue weighted by Gasteiger charge is -2.11. The number of benzene rings is 2. The van der Waals surface area contributed by atoms with Gasteiger partial charge in [0.15, 0.2) is 0 Å². The van der Waals surface area contributed by atoms with E-state index < -0.39 is 0 Å². The number of hydrogen-bond acceptors (Lipinski definition) is 3. The Hall–Kier alpha value is -2.73. The van der Waals surface area contributed by atoms with E-state index in [2.05, 4.69) is 16.3 Å². The highest BCUT2D eigenvalue weighted by Gasteiger charge is 2.17. The summed E-state index contributed by atoms with van der Waals surface area (Å²) in [5, 5.41) is 19.6. The standard InChI is InChI=1S/C16H11N3/c17-11-15(16-9-4-10-18-19-16)14-8-3-6-12-5-1-2-7-13(12)14/h1-10,15H. The van der Waals surface area contributed by atoms with Gasteiger partial charge in [-0.25, -0.2) is 0 Å². The number of nitriles is 1. The topological polar surface area (TPSA) is 49.6 Å². The van der Waals surface area contributed by atoms with E-state index in [-0.39, 0.29) is 5.92 Å². The first-order chi connectivity index (χ1) is 9.40. The molecule has 3 heteroatoms. The molecule has 3 aromatic rings. The van der Waals surface area contributed by atoms with E-state index >= 15 is 0 Å². The summed E-state index contributed by atoms with van der Waals surface area (Å²) in [6.07, 6.45) is 1.61. The molecule has 0 amide bonds. The van der Waals surface area contributed by atoms with Crippen molar-refractivity contribution in [3.8, 4) is 6.07 Å². The number of nitrogens with zero attached hydrogens (tertiary/aromatic N) is 3. The first-order valence-corrected chi connectivity index (χ1v) is 6.05. The van der Waals surface area contributed by atoms with Crippen molar-refractivity contribution in [1.82, 2.24) is 10.2 Å². The van der Waals surface area contributed by atoms with Crippen LogP contribution in [0.5, 0.6) is 0 Å². The monoisotopic (exact) mass is 245 g/mol. The maximum absolute atomic E-state index is 9.47.